The quantitative estimate of drug-likeness (QED) is 0.804. The van der Waals surface area contributed by atoms with Crippen LogP contribution < -0.4 is 5.32 Å². The van der Waals surface area contributed by atoms with Crippen molar-refractivity contribution in [2.75, 3.05) is 24.2 Å². The van der Waals surface area contributed by atoms with Crippen LogP contribution in [0.15, 0.2) is 24.3 Å². The van der Waals surface area contributed by atoms with Crippen LogP contribution in [0.25, 0.3) is 0 Å². The van der Waals surface area contributed by atoms with Crippen molar-refractivity contribution in [2.45, 2.75) is 25.0 Å². The van der Waals surface area contributed by atoms with Gasteiger partial charge in [-0.1, -0.05) is 0 Å². The molecule has 2 amide bonds. The maximum atomic E-state index is 12.8. The minimum Gasteiger partial charge on any atom is -0.481 e. The van der Waals surface area contributed by atoms with E-state index < -0.39 is 17.1 Å². The second kappa shape index (κ2) is 8.84. The van der Waals surface area contributed by atoms with E-state index in [1.165, 1.54) is 36.0 Å². The van der Waals surface area contributed by atoms with Crippen LogP contribution in [0.4, 0.5) is 10.1 Å². The number of benzene rings is 1. The fraction of sp³-hybridized carbons (Fsp3) is 0.471. The van der Waals surface area contributed by atoms with Crippen molar-refractivity contribution >= 4 is 35.2 Å². The largest absolute Gasteiger partial charge is 0.481 e. The number of hydrogen-bond donors (Lipinski definition) is 2. The van der Waals surface area contributed by atoms with Crippen molar-refractivity contribution in [3.05, 3.63) is 30.1 Å². The molecule has 1 aromatic rings. The Morgan fingerprint density at radius 2 is 2.04 bits per heavy atom. The molecule has 1 aliphatic heterocycles. The summed E-state index contributed by atoms with van der Waals surface area (Å²) in [6, 6.07) is 5.44. The second-order valence-electron chi connectivity index (χ2n) is 5.97. The third kappa shape index (κ3) is 5.74. The normalized spacial score (nSPS) is 18.5. The molecule has 1 fully saturated rings. The Morgan fingerprint density at radius 1 is 1.36 bits per heavy atom. The lowest BCUT2D eigenvalue weighted by Gasteiger charge is -2.32. The van der Waals surface area contributed by atoms with E-state index in [1.54, 1.807) is 11.8 Å². The average Bonchev–Trinajstić information content (AvgIpc) is 2.61. The molecule has 6 nitrogen and oxygen atoms in total. The number of carbonyl (C=O) groups is 3. The Morgan fingerprint density at radius 3 is 2.68 bits per heavy atom. The molecule has 2 rings (SSSR count). The lowest BCUT2D eigenvalue weighted by atomic mass is 9.98. The van der Waals surface area contributed by atoms with Crippen molar-refractivity contribution in [2.24, 2.45) is 5.92 Å². The molecule has 1 saturated heterocycles. The highest BCUT2D eigenvalue weighted by atomic mass is 32.2. The summed E-state index contributed by atoms with van der Waals surface area (Å²) in [5.74, 6) is -2.12. The molecule has 1 aliphatic rings. The van der Waals surface area contributed by atoms with Gasteiger partial charge in [-0.3, -0.25) is 14.4 Å². The van der Waals surface area contributed by atoms with Gasteiger partial charge in [-0.05, 0) is 44.0 Å². The van der Waals surface area contributed by atoms with Crippen LogP contribution in [0.3, 0.4) is 0 Å². The van der Waals surface area contributed by atoms with Gasteiger partial charge in [0.15, 0.2) is 0 Å². The summed E-state index contributed by atoms with van der Waals surface area (Å²) in [7, 11) is 0. The number of aliphatic carboxylic acids is 1. The molecule has 1 aromatic carbocycles. The molecule has 1 heterocycles. The number of carboxylic acid groups (broad SMARTS) is 1. The zero-order chi connectivity index (χ0) is 18.4. The van der Waals surface area contributed by atoms with E-state index in [0.717, 1.165) is 0 Å². The van der Waals surface area contributed by atoms with Crippen molar-refractivity contribution in [1.29, 1.82) is 0 Å². The van der Waals surface area contributed by atoms with E-state index in [2.05, 4.69) is 5.32 Å². The lowest BCUT2D eigenvalue weighted by Crippen LogP contribution is -2.45. The summed E-state index contributed by atoms with van der Waals surface area (Å²) in [5, 5.41) is 11.3. The van der Waals surface area contributed by atoms with Crippen LogP contribution in [0.2, 0.25) is 0 Å². The zero-order valence-electron chi connectivity index (χ0n) is 13.9. The summed E-state index contributed by atoms with van der Waals surface area (Å²) in [6.45, 7) is 2.48. The van der Waals surface area contributed by atoms with Crippen molar-refractivity contribution < 1.29 is 23.9 Å². The first-order chi connectivity index (χ1) is 11.9. The van der Waals surface area contributed by atoms with E-state index in [1.807, 2.05) is 0 Å². The number of hydrogen-bond acceptors (Lipinski definition) is 4. The van der Waals surface area contributed by atoms with Crippen LogP contribution in [0.1, 0.15) is 19.8 Å². The van der Waals surface area contributed by atoms with Gasteiger partial charge in [-0.15, -0.1) is 11.8 Å². The van der Waals surface area contributed by atoms with E-state index in [0.29, 0.717) is 25.1 Å². The number of thioether (sulfide) groups is 1. The smallest absolute Gasteiger partial charge is 0.308 e. The van der Waals surface area contributed by atoms with Gasteiger partial charge >= 0.3 is 5.97 Å². The third-order valence-electron chi connectivity index (χ3n) is 4.02. The van der Waals surface area contributed by atoms with Gasteiger partial charge in [0.25, 0.3) is 0 Å². The number of anilines is 1. The number of piperidine rings is 1. The number of carbonyl (C=O) groups excluding carboxylic acids is 2. The first-order valence-corrected chi connectivity index (χ1v) is 9.10. The van der Waals surface area contributed by atoms with E-state index >= 15 is 0 Å². The predicted octanol–water partition coefficient (Wildman–Crippen LogP) is 2.21. The van der Waals surface area contributed by atoms with Gasteiger partial charge in [0, 0.05) is 18.8 Å². The summed E-state index contributed by atoms with van der Waals surface area (Å²) in [5.41, 5.74) is 0.492. The standard InChI is InChI=1S/C17H21FN2O4S/c1-11(16(22)20-8-2-3-12(9-20)17(23)24)25-10-15(21)19-14-6-4-13(18)5-7-14/h4-7,11-12H,2-3,8-10H2,1H3,(H,19,21)(H,23,24). The van der Waals surface area contributed by atoms with Gasteiger partial charge in [0.05, 0.1) is 16.9 Å². The summed E-state index contributed by atoms with van der Waals surface area (Å²) in [4.78, 5) is 37.0. The fourth-order valence-electron chi connectivity index (χ4n) is 2.64. The van der Waals surface area contributed by atoms with Gasteiger partial charge in [0.2, 0.25) is 11.8 Å². The number of nitrogens with one attached hydrogen (secondary N) is 1. The Balaban J connectivity index is 1.79. The molecule has 136 valence electrons. The summed E-state index contributed by atoms with van der Waals surface area (Å²) in [6.07, 6.45) is 1.26. The number of halogens is 1. The highest BCUT2D eigenvalue weighted by Crippen LogP contribution is 2.21. The van der Waals surface area contributed by atoms with Gasteiger partial charge in [-0.2, -0.15) is 0 Å². The second-order valence-corrected chi connectivity index (χ2v) is 7.30. The highest BCUT2D eigenvalue weighted by molar-refractivity contribution is 8.01. The molecule has 2 unspecified atom stereocenters. The zero-order valence-corrected chi connectivity index (χ0v) is 14.7. The molecule has 0 radical (unpaired) electrons. The number of rotatable bonds is 6. The minimum absolute atomic E-state index is 0.0838. The van der Waals surface area contributed by atoms with Crippen LogP contribution in [-0.4, -0.2) is 51.9 Å². The van der Waals surface area contributed by atoms with Gasteiger partial charge in [-0.25, -0.2) is 4.39 Å². The van der Waals surface area contributed by atoms with Crippen molar-refractivity contribution in [1.82, 2.24) is 4.90 Å². The fourth-order valence-corrected chi connectivity index (χ4v) is 3.40. The molecule has 25 heavy (non-hydrogen) atoms. The molecular formula is C17H21FN2O4S. The highest BCUT2D eigenvalue weighted by Gasteiger charge is 2.30. The molecule has 2 atom stereocenters. The van der Waals surface area contributed by atoms with E-state index in [9.17, 15) is 18.8 Å². The van der Waals surface area contributed by atoms with Crippen molar-refractivity contribution in [3.8, 4) is 0 Å². The molecular weight excluding hydrogens is 347 g/mol. The third-order valence-corrected chi connectivity index (χ3v) is 5.15. The monoisotopic (exact) mass is 368 g/mol. The Bertz CT molecular complexity index is 638. The minimum atomic E-state index is -0.878. The van der Waals surface area contributed by atoms with Gasteiger partial charge < -0.3 is 15.3 Å². The van der Waals surface area contributed by atoms with E-state index in [4.69, 9.17) is 5.11 Å². The Kier molecular flexibility index (Phi) is 6.81. The predicted molar refractivity (Wildman–Crippen MR) is 93.9 cm³/mol. The molecule has 8 heteroatoms. The lowest BCUT2D eigenvalue weighted by molar-refractivity contribution is -0.145. The van der Waals surface area contributed by atoms with Crippen molar-refractivity contribution in [3.63, 3.8) is 0 Å². The summed E-state index contributed by atoms with van der Waals surface area (Å²) < 4.78 is 12.8. The summed E-state index contributed by atoms with van der Waals surface area (Å²) >= 11 is 1.19. The maximum absolute atomic E-state index is 12.8. The topological polar surface area (TPSA) is 86.7 Å². The van der Waals surface area contributed by atoms with Crippen LogP contribution in [0.5, 0.6) is 0 Å². The SMILES string of the molecule is CC(SCC(=O)Nc1ccc(F)cc1)C(=O)N1CCCC(C(=O)O)C1. The first-order valence-electron chi connectivity index (χ1n) is 8.05. The molecule has 2 N–H and O–H groups in total. The Hall–Kier alpha value is -2.09. The maximum Gasteiger partial charge on any atom is 0.308 e. The molecule has 0 saturated carbocycles. The van der Waals surface area contributed by atoms with Crippen LogP contribution in [-0.2, 0) is 14.4 Å². The molecule has 0 spiro atoms. The van der Waals surface area contributed by atoms with Crippen LogP contribution in [0, 0.1) is 11.7 Å². The number of likely N-dealkylation sites (tertiary alicyclic amines) is 1. The van der Waals surface area contributed by atoms with Gasteiger partial charge in [0.1, 0.15) is 5.82 Å². The first kappa shape index (κ1) is 19.2. The average molecular weight is 368 g/mol. The van der Waals surface area contributed by atoms with E-state index in [-0.39, 0.29) is 29.9 Å². The molecule has 0 aromatic heterocycles. The number of amides is 2. The molecule has 0 aliphatic carbocycles. The van der Waals surface area contributed by atoms with Crippen LogP contribution >= 0.6 is 11.8 Å². The Labute approximate surface area is 149 Å². The molecule has 0 bridgehead atoms. The number of carboxylic acids is 1. The number of nitrogens with zero attached hydrogens (tertiary/aromatic N) is 1.